The second-order valence-electron chi connectivity index (χ2n) is 6.90. The standard InChI is InChI=1S/C21H22ClN3O/c22-16-7-5-6-15(14-16)21-18(25-13-4-3-10-19(25)24-21)11-12-20(26)23-17-8-1-2-9-17/h3-7,10,13-14,17H,1-2,8-9,11-12H2,(H,23,26). The van der Waals surface area contributed by atoms with Crippen molar-refractivity contribution >= 4 is 23.2 Å². The van der Waals surface area contributed by atoms with Crippen LogP contribution in [0, 0.1) is 0 Å². The lowest BCUT2D eigenvalue weighted by atomic mass is 10.1. The number of hydrogen-bond donors (Lipinski definition) is 1. The van der Waals surface area contributed by atoms with Gasteiger partial charge in [0.25, 0.3) is 0 Å². The smallest absolute Gasteiger partial charge is 0.220 e. The highest BCUT2D eigenvalue weighted by Gasteiger charge is 2.19. The van der Waals surface area contributed by atoms with Gasteiger partial charge in [-0.1, -0.05) is 42.6 Å². The van der Waals surface area contributed by atoms with Gasteiger partial charge < -0.3 is 9.72 Å². The zero-order valence-electron chi connectivity index (χ0n) is 14.6. The summed E-state index contributed by atoms with van der Waals surface area (Å²) >= 11 is 6.17. The number of carbonyl (C=O) groups is 1. The van der Waals surface area contributed by atoms with Crippen molar-refractivity contribution < 1.29 is 4.79 Å². The summed E-state index contributed by atoms with van der Waals surface area (Å²) in [6.07, 6.45) is 7.76. The molecule has 0 saturated heterocycles. The molecule has 134 valence electrons. The van der Waals surface area contributed by atoms with Gasteiger partial charge in [-0.25, -0.2) is 4.98 Å². The average molecular weight is 368 g/mol. The maximum Gasteiger partial charge on any atom is 0.220 e. The van der Waals surface area contributed by atoms with Crippen molar-refractivity contribution in [2.24, 2.45) is 0 Å². The van der Waals surface area contributed by atoms with E-state index in [1.54, 1.807) is 0 Å². The van der Waals surface area contributed by atoms with Gasteiger partial charge in [-0.15, -0.1) is 0 Å². The fourth-order valence-electron chi connectivity index (χ4n) is 3.75. The summed E-state index contributed by atoms with van der Waals surface area (Å²) in [5, 5.41) is 3.85. The van der Waals surface area contributed by atoms with Crippen molar-refractivity contribution in [3.05, 3.63) is 59.4 Å². The van der Waals surface area contributed by atoms with Crippen molar-refractivity contribution in [2.45, 2.75) is 44.6 Å². The van der Waals surface area contributed by atoms with Crippen molar-refractivity contribution in [1.82, 2.24) is 14.7 Å². The summed E-state index contributed by atoms with van der Waals surface area (Å²) in [4.78, 5) is 17.1. The molecule has 0 spiro atoms. The zero-order chi connectivity index (χ0) is 17.9. The van der Waals surface area contributed by atoms with Crippen LogP contribution < -0.4 is 5.32 Å². The molecule has 1 saturated carbocycles. The van der Waals surface area contributed by atoms with Gasteiger partial charge in [-0.3, -0.25) is 4.79 Å². The fourth-order valence-corrected chi connectivity index (χ4v) is 3.94. The van der Waals surface area contributed by atoms with Gasteiger partial charge >= 0.3 is 0 Å². The van der Waals surface area contributed by atoms with E-state index < -0.39 is 0 Å². The lowest BCUT2D eigenvalue weighted by molar-refractivity contribution is -0.121. The number of pyridine rings is 1. The van der Waals surface area contributed by atoms with Crippen LogP contribution in [0.3, 0.4) is 0 Å². The number of halogens is 1. The summed E-state index contributed by atoms with van der Waals surface area (Å²) in [5.74, 6) is 0.125. The van der Waals surface area contributed by atoms with Crippen LogP contribution in [-0.2, 0) is 11.2 Å². The molecule has 0 atom stereocenters. The van der Waals surface area contributed by atoms with Crippen molar-refractivity contribution in [1.29, 1.82) is 0 Å². The third-order valence-corrected chi connectivity index (χ3v) is 5.27. The number of benzene rings is 1. The van der Waals surface area contributed by atoms with Crippen LogP contribution in [0.5, 0.6) is 0 Å². The molecule has 4 nitrogen and oxygen atoms in total. The van der Waals surface area contributed by atoms with Crippen molar-refractivity contribution in [3.8, 4) is 11.3 Å². The van der Waals surface area contributed by atoms with E-state index >= 15 is 0 Å². The molecular weight excluding hydrogens is 346 g/mol. The molecule has 4 rings (SSSR count). The maximum atomic E-state index is 12.4. The Kier molecular flexibility index (Phi) is 4.93. The number of fused-ring (bicyclic) bond motifs is 1. The molecular formula is C21H22ClN3O. The van der Waals surface area contributed by atoms with Gasteiger partial charge in [-0.2, -0.15) is 0 Å². The molecule has 0 aliphatic heterocycles. The average Bonchev–Trinajstić information content (AvgIpc) is 3.27. The first-order valence-electron chi connectivity index (χ1n) is 9.22. The fraction of sp³-hybridized carbons (Fsp3) is 0.333. The molecule has 5 heteroatoms. The second kappa shape index (κ2) is 7.50. The van der Waals surface area contributed by atoms with Crippen LogP contribution >= 0.6 is 11.6 Å². The minimum Gasteiger partial charge on any atom is -0.353 e. The molecule has 26 heavy (non-hydrogen) atoms. The van der Waals surface area contributed by atoms with Crippen LogP contribution in [0.15, 0.2) is 48.7 Å². The molecule has 1 amide bonds. The predicted molar refractivity (Wildman–Crippen MR) is 104 cm³/mol. The molecule has 0 bridgehead atoms. The number of hydrogen-bond acceptors (Lipinski definition) is 2. The Hall–Kier alpha value is -2.33. The molecule has 2 aromatic heterocycles. The SMILES string of the molecule is O=C(CCc1c(-c2cccc(Cl)c2)nc2ccccn12)NC1CCCC1. The zero-order valence-corrected chi connectivity index (χ0v) is 15.4. The van der Waals surface area contributed by atoms with E-state index in [4.69, 9.17) is 16.6 Å². The van der Waals surface area contributed by atoms with Crippen LogP contribution in [0.1, 0.15) is 37.8 Å². The normalized spacial score (nSPS) is 14.8. The molecule has 1 aromatic carbocycles. The lowest BCUT2D eigenvalue weighted by Crippen LogP contribution is -2.32. The number of aromatic nitrogens is 2. The first kappa shape index (κ1) is 17.1. The number of imidazole rings is 1. The van der Waals surface area contributed by atoms with Gasteiger partial charge in [-0.05, 0) is 43.5 Å². The number of amides is 1. The maximum absolute atomic E-state index is 12.4. The summed E-state index contributed by atoms with van der Waals surface area (Å²) in [6, 6.07) is 14.0. The van der Waals surface area contributed by atoms with E-state index in [1.807, 2.05) is 48.7 Å². The van der Waals surface area contributed by atoms with Gasteiger partial charge in [0, 0.05) is 29.2 Å². The highest BCUT2D eigenvalue weighted by Crippen LogP contribution is 2.27. The van der Waals surface area contributed by atoms with E-state index in [2.05, 4.69) is 9.72 Å². The summed E-state index contributed by atoms with van der Waals surface area (Å²) < 4.78 is 2.07. The van der Waals surface area contributed by atoms with Crippen molar-refractivity contribution in [2.75, 3.05) is 0 Å². The molecule has 1 aliphatic rings. The number of aryl methyl sites for hydroxylation is 1. The van der Waals surface area contributed by atoms with E-state index in [0.717, 1.165) is 35.4 Å². The van der Waals surface area contributed by atoms with E-state index in [0.29, 0.717) is 23.9 Å². The van der Waals surface area contributed by atoms with Gasteiger partial charge in [0.05, 0.1) is 11.4 Å². The number of nitrogens with zero attached hydrogens (tertiary/aromatic N) is 2. The largest absolute Gasteiger partial charge is 0.353 e. The predicted octanol–water partition coefficient (Wildman–Crippen LogP) is 4.65. The van der Waals surface area contributed by atoms with Crippen LogP contribution in [-0.4, -0.2) is 21.3 Å². The molecule has 0 radical (unpaired) electrons. The van der Waals surface area contributed by atoms with E-state index in [1.165, 1.54) is 12.8 Å². The van der Waals surface area contributed by atoms with Crippen LogP contribution in [0.25, 0.3) is 16.9 Å². The summed E-state index contributed by atoms with van der Waals surface area (Å²) in [6.45, 7) is 0. The van der Waals surface area contributed by atoms with Gasteiger partial charge in [0.15, 0.2) is 0 Å². The summed E-state index contributed by atoms with van der Waals surface area (Å²) in [5.41, 5.74) is 3.80. The van der Waals surface area contributed by atoms with E-state index in [-0.39, 0.29) is 5.91 Å². The molecule has 1 aliphatic carbocycles. The second-order valence-corrected chi connectivity index (χ2v) is 7.33. The minimum absolute atomic E-state index is 0.125. The molecule has 1 N–H and O–H groups in total. The third-order valence-electron chi connectivity index (χ3n) is 5.04. The Bertz CT molecular complexity index is 928. The minimum atomic E-state index is 0.125. The highest BCUT2D eigenvalue weighted by molar-refractivity contribution is 6.30. The Labute approximate surface area is 158 Å². The van der Waals surface area contributed by atoms with Crippen LogP contribution in [0.4, 0.5) is 0 Å². The molecule has 2 heterocycles. The van der Waals surface area contributed by atoms with Crippen LogP contribution in [0.2, 0.25) is 5.02 Å². The Morgan fingerprint density at radius 3 is 2.85 bits per heavy atom. The Morgan fingerprint density at radius 1 is 1.19 bits per heavy atom. The van der Waals surface area contributed by atoms with Crippen molar-refractivity contribution in [3.63, 3.8) is 0 Å². The highest BCUT2D eigenvalue weighted by atomic mass is 35.5. The third kappa shape index (κ3) is 3.61. The number of carbonyl (C=O) groups excluding carboxylic acids is 1. The first-order valence-corrected chi connectivity index (χ1v) is 9.60. The van der Waals surface area contributed by atoms with Gasteiger partial charge in [0.1, 0.15) is 5.65 Å². The lowest BCUT2D eigenvalue weighted by Gasteiger charge is -2.12. The monoisotopic (exact) mass is 367 g/mol. The quantitative estimate of drug-likeness (QED) is 0.713. The van der Waals surface area contributed by atoms with E-state index in [9.17, 15) is 4.79 Å². The molecule has 3 aromatic rings. The van der Waals surface area contributed by atoms with Gasteiger partial charge in [0.2, 0.25) is 5.91 Å². The molecule has 1 fully saturated rings. The molecule has 0 unspecified atom stereocenters. The number of rotatable bonds is 5. The first-order chi connectivity index (χ1) is 12.7. The topological polar surface area (TPSA) is 46.4 Å². The number of nitrogens with one attached hydrogen (secondary N) is 1. The Morgan fingerprint density at radius 2 is 2.04 bits per heavy atom. The Balaban J connectivity index is 1.60. The summed E-state index contributed by atoms with van der Waals surface area (Å²) in [7, 11) is 0.